The Kier molecular flexibility index (Phi) is 2.86. The average Bonchev–Trinajstić information content (AvgIpc) is 2.31. The van der Waals surface area contributed by atoms with Gasteiger partial charge in [-0.1, -0.05) is 0 Å². The summed E-state index contributed by atoms with van der Waals surface area (Å²) in [7, 11) is 0. The average molecular weight is 127 g/mol. The summed E-state index contributed by atoms with van der Waals surface area (Å²) in [6.45, 7) is 0. The Labute approximate surface area is 70.9 Å². The van der Waals surface area contributed by atoms with Crippen molar-refractivity contribution in [1.82, 2.24) is 0 Å². The zero-order valence-electron chi connectivity index (χ0n) is 6.30. The molecular weight excluding hydrogens is 117 g/mol. The second-order valence-corrected chi connectivity index (χ2v) is 2.54. The number of hydrogen-bond donors (Lipinski definition) is 1. The van der Waals surface area contributed by atoms with Gasteiger partial charge in [-0.3, -0.25) is 0 Å². The van der Waals surface area contributed by atoms with E-state index < -0.39 is 0 Å². The van der Waals surface area contributed by atoms with E-state index in [0.29, 0.717) is 0 Å². The molecule has 0 heterocycles. The molecule has 0 saturated carbocycles. The Morgan fingerprint density at radius 3 is 3.00 bits per heavy atom. The van der Waals surface area contributed by atoms with Crippen LogP contribution in [0, 0.1) is 0 Å². The first kappa shape index (κ1) is 7.72. The van der Waals surface area contributed by atoms with E-state index >= 15 is 0 Å². The van der Waals surface area contributed by atoms with Crippen molar-refractivity contribution in [2.24, 2.45) is 5.73 Å². The summed E-state index contributed by atoms with van der Waals surface area (Å²) in [6, 6.07) is 0. The minimum atomic E-state index is 0.985. The van der Waals surface area contributed by atoms with Crippen molar-refractivity contribution in [3.05, 3.63) is 34.2 Å². The van der Waals surface area contributed by atoms with Gasteiger partial charge in [-0.2, -0.15) is 0 Å². The van der Waals surface area contributed by atoms with Crippen LogP contribution in [0.25, 0.3) is 0 Å². The number of allylic oxidation sites excluding steroid dienone is 5. The van der Waals surface area contributed by atoms with Gasteiger partial charge in [-0.25, -0.2) is 0 Å². The van der Waals surface area contributed by atoms with Gasteiger partial charge in [0.15, 0.2) is 0 Å². The predicted molar refractivity (Wildman–Crippen MR) is 44.5 cm³/mol. The maximum absolute atomic E-state index is 5.22. The van der Waals surface area contributed by atoms with E-state index in [0.717, 1.165) is 12.8 Å². The molecule has 0 saturated heterocycles. The summed E-state index contributed by atoms with van der Waals surface area (Å²) < 4.78 is 1.47. The van der Waals surface area contributed by atoms with Crippen LogP contribution in [-0.2, 0) is 0 Å². The molecule has 10 heavy (non-hydrogen) atoms. The van der Waals surface area contributed by atoms with Crippen LogP contribution in [0.4, 0.5) is 0 Å². The summed E-state index contributed by atoms with van der Waals surface area (Å²) in [5.74, 6) is 0. The molecule has 0 atom stereocenters. The molecule has 2 heteroatoms. The number of nitrogens with two attached hydrogens (primary N) is 1. The summed E-state index contributed by atoms with van der Waals surface area (Å²) in [6.07, 6.45) is 10.1. The minimum absolute atomic E-state index is 0.985. The zero-order valence-corrected chi connectivity index (χ0v) is 6.30. The van der Waals surface area contributed by atoms with E-state index in [1.165, 1.54) is 9.82 Å². The van der Waals surface area contributed by atoms with Gasteiger partial charge in [0.25, 0.3) is 0 Å². The van der Waals surface area contributed by atoms with Crippen molar-refractivity contribution in [2.45, 2.75) is 12.8 Å². The molecule has 0 bridgehead atoms. The van der Waals surface area contributed by atoms with Crippen LogP contribution in [0.5, 0.6) is 0 Å². The summed E-state index contributed by atoms with van der Waals surface area (Å²) in [5.41, 5.74) is 6.64. The first-order valence-electron chi connectivity index (χ1n) is 3.56. The van der Waals surface area contributed by atoms with Crippen molar-refractivity contribution in [1.29, 1.82) is 0 Å². The first-order chi connectivity index (χ1) is 4.84. The van der Waals surface area contributed by atoms with Gasteiger partial charge in [-0.15, -0.1) is 0 Å². The molecule has 0 amide bonds. The van der Waals surface area contributed by atoms with Crippen molar-refractivity contribution in [3.8, 4) is 0 Å². The molecule has 0 fully saturated rings. The topological polar surface area (TPSA) is 26.0 Å². The normalized spacial score (nSPS) is 17.8. The van der Waals surface area contributed by atoms with E-state index in [1.54, 1.807) is 6.20 Å². The Hall–Kier alpha value is -0.383. The molecule has 0 aromatic carbocycles. The molecule has 0 unspecified atom stereocenters. The Morgan fingerprint density at radius 2 is 2.50 bits per heavy atom. The summed E-state index contributed by atoms with van der Waals surface area (Å²) >= 11 is 2.17. The molecule has 0 aromatic rings. The monoisotopic (exact) mass is 127 g/mol. The van der Waals surface area contributed by atoms with E-state index in [9.17, 15) is 0 Å². The van der Waals surface area contributed by atoms with Crippen molar-refractivity contribution < 1.29 is 0 Å². The van der Waals surface area contributed by atoms with Gasteiger partial charge in [0.2, 0.25) is 0 Å². The molecule has 0 aromatic heterocycles. The molecule has 2 N–H and O–H groups in total. The van der Waals surface area contributed by atoms with Gasteiger partial charge >= 0.3 is 70.5 Å². The van der Waals surface area contributed by atoms with Crippen LogP contribution >= 0.6 is 0 Å². The van der Waals surface area contributed by atoms with Crippen molar-refractivity contribution >= 4 is 17.7 Å². The van der Waals surface area contributed by atoms with Crippen LogP contribution in [-0.4, -0.2) is 17.7 Å². The molecule has 1 nitrogen and oxygen atoms in total. The fraction of sp³-hybridized carbons (Fsp3) is 0.250. The third-order valence-electron chi connectivity index (χ3n) is 1.77. The van der Waals surface area contributed by atoms with Gasteiger partial charge in [0.05, 0.1) is 0 Å². The molecule has 1 rings (SSSR count). The van der Waals surface area contributed by atoms with Crippen LogP contribution in [0.3, 0.4) is 0 Å². The third-order valence-corrected chi connectivity index (χ3v) is 1.77. The van der Waals surface area contributed by atoms with Crippen LogP contribution in [0.1, 0.15) is 12.8 Å². The van der Waals surface area contributed by atoms with Gasteiger partial charge in [-0.05, 0) is 0 Å². The fourth-order valence-corrected chi connectivity index (χ4v) is 1.09. The van der Waals surface area contributed by atoms with Crippen LogP contribution in [0.2, 0.25) is 0 Å². The van der Waals surface area contributed by atoms with Crippen LogP contribution in [0.15, 0.2) is 34.2 Å². The molecule has 0 spiro atoms. The summed E-state index contributed by atoms with van der Waals surface area (Å²) in [5, 5.41) is 0. The molecule has 1 aliphatic rings. The second kappa shape index (κ2) is 3.70. The zero-order chi connectivity index (χ0) is 7.40. The maximum atomic E-state index is 5.22. The van der Waals surface area contributed by atoms with Crippen molar-refractivity contribution in [2.75, 3.05) is 0 Å². The molecule has 1 aliphatic carbocycles. The van der Waals surface area contributed by atoms with Crippen LogP contribution < -0.4 is 5.73 Å². The Balaban J connectivity index is 2.54. The van der Waals surface area contributed by atoms with Gasteiger partial charge < -0.3 is 0 Å². The van der Waals surface area contributed by atoms with Gasteiger partial charge in [0, 0.05) is 0 Å². The first-order valence-corrected chi connectivity index (χ1v) is 3.56. The number of rotatable bonds is 2. The standard InChI is InChI=1S/C8H10N.Li/c9-7-3-6-8-4-1-2-5-8;/h1,3-4,7H,2,6,9H2;. The fourth-order valence-electron chi connectivity index (χ4n) is 1.09. The van der Waals surface area contributed by atoms with E-state index in [-0.39, 0.29) is 0 Å². The van der Waals surface area contributed by atoms with E-state index in [1.807, 2.05) is 6.08 Å². The third kappa shape index (κ3) is 1.80. The molecule has 0 aliphatic heterocycles. The SMILES string of the molecule is [Li][C]1=C(CC=CN)C=CC1. The summed E-state index contributed by atoms with van der Waals surface area (Å²) in [4.78, 5) is 0. The van der Waals surface area contributed by atoms with Gasteiger partial charge in [0.1, 0.15) is 0 Å². The van der Waals surface area contributed by atoms with E-state index in [4.69, 9.17) is 5.73 Å². The Morgan fingerprint density at radius 1 is 1.70 bits per heavy atom. The molecule has 0 radical (unpaired) electrons. The van der Waals surface area contributed by atoms with Crippen molar-refractivity contribution in [3.63, 3.8) is 0 Å². The van der Waals surface area contributed by atoms with E-state index in [2.05, 4.69) is 29.9 Å². The predicted octanol–water partition coefficient (Wildman–Crippen LogP) is 1.23. The molecular formula is C8H10LiN. The second-order valence-electron chi connectivity index (χ2n) is 2.54. The molecule has 48 valence electrons. The number of hydrogen-bond acceptors (Lipinski definition) is 1. The quantitative estimate of drug-likeness (QED) is 0.555. The Bertz CT molecular complexity index is 201.